The molecule has 0 bridgehead atoms. The van der Waals surface area contributed by atoms with Crippen molar-refractivity contribution >= 4 is 0 Å². The molecule has 4 heteroatoms. The van der Waals surface area contributed by atoms with E-state index < -0.39 is 0 Å². The van der Waals surface area contributed by atoms with E-state index in [1.54, 1.807) is 0 Å². The molecule has 122 valence electrons. The predicted octanol–water partition coefficient (Wildman–Crippen LogP) is 1.53. The molecule has 0 radical (unpaired) electrons. The van der Waals surface area contributed by atoms with Gasteiger partial charge in [0.2, 0.25) is 0 Å². The summed E-state index contributed by atoms with van der Waals surface area (Å²) >= 11 is 0. The Morgan fingerprint density at radius 2 is 1.10 bits per heavy atom. The molecule has 0 unspecified atom stereocenters. The van der Waals surface area contributed by atoms with Crippen LogP contribution < -0.4 is 0 Å². The minimum atomic E-state index is 1.19. The fraction of sp³-hybridized carbons (Fsp3) is 1.00. The predicted molar refractivity (Wildman–Crippen MR) is 90.6 cm³/mol. The lowest BCUT2D eigenvalue weighted by molar-refractivity contribution is 0.212. The summed E-state index contributed by atoms with van der Waals surface area (Å²) in [4.78, 5) is 9.63. The third kappa shape index (κ3) is 12.9. The molecule has 0 saturated carbocycles. The number of nitrogens with zero attached hydrogens (tertiary/aromatic N) is 4. The zero-order chi connectivity index (χ0) is 15.4. The molecule has 0 atom stereocenters. The maximum Gasteiger partial charge on any atom is 0.0109 e. The fourth-order valence-electron chi connectivity index (χ4n) is 2.34. The number of hydrogen-bond acceptors (Lipinski definition) is 4. The summed E-state index contributed by atoms with van der Waals surface area (Å²) in [6.07, 6.45) is 3.79. The molecule has 0 fully saturated rings. The van der Waals surface area contributed by atoms with Crippen LogP contribution in [0.3, 0.4) is 0 Å². The second-order valence-corrected chi connectivity index (χ2v) is 6.46. The summed E-state index contributed by atoms with van der Waals surface area (Å²) in [6.45, 7) is 10.7. The van der Waals surface area contributed by atoms with Crippen molar-refractivity contribution in [2.75, 3.05) is 81.1 Å². The van der Waals surface area contributed by atoms with E-state index in [1.165, 1.54) is 65.1 Å². The topological polar surface area (TPSA) is 13.0 Å². The Morgan fingerprint density at radius 1 is 0.550 bits per heavy atom. The average Bonchev–Trinajstić information content (AvgIpc) is 2.35. The maximum absolute atomic E-state index is 2.62. The molecule has 20 heavy (non-hydrogen) atoms. The first-order chi connectivity index (χ1) is 9.45. The van der Waals surface area contributed by atoms with Gasteiger partial charge in [-0.25, -0.2) is 0 Å². The van der Waals surface area contributed by atoms with E-state index in [4.69, 9.17) is 0 Å². The van der Waals surface area contributed by atoms with Crippen LogP contribution in [-0.2, 0) is 0 Å². The smallest absolute Gasteiger partial charge is 0.0109 e. The standard InChI is InChI=1S/C16H38N4/c1-7-10-20(14-9-12-18(4)5)16-15-19(6)13-8-11-17(2)3/h7-16H2,1-6H3. The lowest BCUT2D eigenvalue weighted by Gasteiger charge is -2.26. The molecule has 0 aromatic heterocycles. The van der Waals surface area contributed by atoms with Gasteiger partial charge < -0.3 is 19.6 Å². The molecule has 0 N–H and O–H groups in total. The highest BCUT2D eigenvalue weighted by molar-refractivity contribution is 4.62. The molecule has 4 nitrogen and oxygen atoms in total. The normalized spacial score (nSPS) is 12.3. The van der Waals surface area contributed by atoms with Crippen LogP contribution in [0.4, 0.5) is 0 Å². The molecule has 0 aliphatic rings. The average molecular weight is 287 g/mol. The molecular formula is C16H38N4. The summed E-state index contributed by atoms with van der Waals surface area (Å²) in [7, 11) is 10.9. The van der Waals surface area contributed by atoms with Gasteiger partial charge >= 0.3 is 0 Å². The monoisotopic (exact) mass is 286 g/mol. The van der Waals surface area contributed by atoms with Crippen molar-refractivity contribution in [2.24, 2.45) is 0 Å². The van der Waals surface area contributed by atoms with Crippen LogP contribution in [0.5, 0.6) is 0 Å². The van der Waals surface area contributed by atoms with Crippen LogP contribution in [-0.4, -0.2) is 101 Å². The lowest BCUT2D eigenvalue weighted by Crippen LogP contribution is -2.36. The van der Waals surface area contributed by atoms with Crippen LogP contribution in [0.25, 0.3) is 0 Å². The van der Waals surface area contributed by atoms with Gasteiger partial charge in [-0.1, -0.05) is 6.92 Å². The first kappa shape index (κ1) is 19.8. The van der Waals surface area contributed by atoms with Gasteiger partial charge in [0.25, 0.3) is 0 Å². The van der Waals surface area contributed by atoms with Crippen molar-refractivity contribution in [3.05, 3.63) is 0 Å². The van der Waals surface area contributed by atoms with Crippen LogP contribution in [0.1, 0.15) is 26.2 Å². The van der Waals surface area contributed by atoms with Crippen molar-refractivity contribution in [2.45, 2.75) is 26.2 Å². The Morgan fingerprint density at radius 3 is 1.60 bits per heavy atom. The maximum atomic E-state index is 2.62. The fourth-order valence-corrected chi connectivity index (χ4v) is 2.34. The van der Waals surface area contributed by atoms with Crippen molar-refractivity contribution in [3.63, 3.8) is 0 Å². The zero-order valence-electron chi connectivity index (χ0n) is 14.9. The van der Waals surface area contributed by atoms with Gasteiger partial charge in [-0.05, 0) is 87.2 Å². The van der Waals surface area contributed by atoms with E-state index in [2.05, 4.69) is 61.8 Å². The van der Waals surface area contributed by atoms with Crippen molar-refractivity contribution in [1.82, 2.24) is 19.6 Å². The minimum Gasteiger partial charge on any atom is -0.309 e. The molecule has 0 amide bonds. The molecule has 0 aliphatic carbocycles. The number of likely N-dealkylation sites (N-methyl/N-ethyl adjacent to an activating group) is 1. The van der Waals surface area contributed by atoms with Gasteiger partial charge in [0.1, 0.15) is 0 Å². The van der Waals surface area contributed by atoms with Gasteiger partial charge in [-0.3, -0.25) is 0 Å². The van der Waals surface area contributed by atoms with Gasteiger partial charge in [-0.15, -0.1) is 0 Å². The molecule has 0 rings (SSSR count). The van der Waals surface area contributed by atoms with Gasteiger partial charge in [0.15, 0.2) is 0 Å². The summed E-state index contributed by atoms with van der Waals surface area (Å²) in [5.74, 6) is 0. The second-order valence-electron chi connectivity index (χ2n) is 6.46. The van der Waals surface area contributed by atoms with E-state index in [9.17, 15) is 0 Å². The Balaban J connectivity index is 3.76. The summed E-state index contributed by atoms with van der Waals surface area (Å²) < 4.78 is 0. The van der Waals surface area contributed by atoms with E-state index in [1.807, 2.05) is 0 Å². The van der Waals surface area contributed by atoms with Crippen LogP contribution in [0.2, 0.25) is 0 Å². The van der Waals surface area contributed by atoms with Gasteiger partial charge in [0, 0.05) is 13.1 Å². The lowest BCUT2D eigenvalue weighted by atomic mass is 10.3. The van der Waals surface area contributed by atoms with Crippen LogP contribution in [0, 0.1) is 0 Å². The second kappa shape index (κ2) is 12.6. The van der Waals surface area contributed by atoms with Crippen molar-refractivity contribution in [1.29, 1.82) is 0 Å². The third-order valence-electron chi connectivity index (χ3n) is 3.56. The molecule has 0 spiro atoms. The van der Waals surface area contributed by atoms with E-state index in [0.29, 0.717) is 0 Å². The summed E-state index contributed by atoms with van der Waals surface area (Å²) in [6, 6.07) is 0. The third-order valence-corrected chi connectivity index (χ3v) is 3.56. The van der Waals surface area contributed by atoms with Gasteiger partial charge in [-0.2, -0.15) is 0 Å². The highest BCUT2D eigenvalue weighted by atomic mass is 15.2. The summed E-state index contributed by atoms with van der Waals surface area (Å²) in [5, 5.41) is 0. The molecule has 0 aromatic rings. The van der Waals surface area contributed by atoms with Crippen LogP contribution >= 0.6 is 0 Å². The van der Waals surface area contributed by atoms with E-state index in [0.717, 1.165) is 0 Å². The van der Waals surface area contributed by atoms with Gasteiger partial charge in [0.05, 0.1) is 0 Å². The van der Waals surface area contributed by atoms with Crippen molar-refractivity contribution in [3.8, 4) is 0 Å². The first-order valence-corrected chi connectivity index (χ1v) is 8.16. The Kier molecular flexibility index (Phi) is 12.5. The van der Waals surface area contributed by atoms with Crippen LogP contribution in [0.15, 0.2) is 0 Å². The summed E-state index contributed by atoms with van der Waals surface area (Å²) in [5.41, 5.74) is 0. The highest BCUT2D eigenvalue weighted by Gasteiger charge is 2.06. The first-order valence-electron chi connectivity index (χ1n) is 8.16. The number of rotatable bonds is 13. The Labute approximate surface area is 127 Å². The zero-order valence-corrected chi connectivity index (χ0v) is 14.9. The Hall–Kier alpha value is -0.160. The molecule has 0 saturated heterocycles. The SMILES string of the molecule is CCCN(CCCN(C)C)CCN(C)CCCN(C)C. The molecule has 0 heterocycles. The quantitative estimate of drug-likeness (QED) is 0.509. The largest absolute Gasteiger partial charge is 0.309 e. The number of hydrogen-bond donors (Lipinski definition) is 0. The molecule has 0 aliphatic heterocycles. The molecule has 0 aromatic carbocycles. The van der Waals surface area contributed by atoms with E-state index >= 15 is 0 Å². The van der Waals surface area contributed by atoms with Crippen molar-refractivity contribution < 1.29 is 0 Å². The van der Waals surface area contributed by atoms with E-state index in [-0.39, 0.29) is 0 Å². The molecular weight excluding hydrogens is 248 g/mol. The minimum absolute atomic E-state index is 1.19. The highest BCUT2D eigenvalue weighted by Crippen LogP contribution is 1.97. The Bertz CT molecular complexity index is 207.